The van der Waals surface area contributed by atoms with Gasteiger partial charge in [0.15, 0.2) is 17.0 Å². The number of rotatable bonds is 11. The Labute approximate surface area is 211 Å². The van der Waals surface area contributed by atoms with Crippen LogP contribution in [0, 0.1) is 12.8 Å². The number of carbonyl (C=O) groups excluding carboxylic acids is 1. The minimum Gasteiger partial charge on any atom is -0.481 e. The second kappa shape index (κ2) is 10.6. The van der Waals surface area contributed by atoms with Crippen molar-refractivity contribution in [3.63, 3.8) is 0 Å². The van der Waals surface area contributed by atoms with E-state index < -0.39 is 23.9 Å². The molecule has 194 valence electrons. The fourth-order valence-electron chi connectivity index (χ4n) is 4.03. The zero-order chi connectivity index (χ0) is 26.7. The van der Waals surface area contributed by atoms with E-state index >= 15 is 0 Å². The summed E-state index contributed by atoms with van der Waals surface area (Å²) in [7, 11) is 0. The number of aromatic nitrogens is 4. The van der Waals surface area contributed by atoms with E-state index in [1.54, 1.807) is 18.3 Å². The molecule has 1 fully saturated rings. The maximum atomic E-state index is 12.7. The van der Waals surface area contributed by atoms with Crippen LogP contribution in [0.2, 0.25) is 0 Å². The molecule has 1 aliphatic carbocycles. The molecule has 0 bridgehead atoms. The SMILES string of the molecule is Cc1cc(C(=O)NC(CCC(=O)O)C(=O)O)ccc1N(Cc1cnc2nc(N)nc(N)c2n1)CC1CC1. The molecule has 13 heteroatoms. The number of hydrogen-bond donors (Lipinski definition) is 5. The number of nitrogen functional groups attached to an aromatic ring is 2. The smallest absolute Gasteiger partial charge is 0.326 e. The van der Waals surface area contributed by atoms with Crippen molar-refractivity contribution >= 4 is 46.5 Å². The Morgan fingerprint density at radius 3 is 2.57 bits per heavy atom. The molecular weight excluding hydrogens is 480 g/mol. The number of aryl methyl sites for hydroxylation is 1. The van der Waals surface area contributed by atoms with Gasteiger partial charge in [0, 0.05) is 24.2 Å². The standard InChI is InChI=1S/C24H28N8O5/c1-12-8-14(22(35)29-16(23(36)37)5-7-18(33)34)4-6-17(12)32(10-13-2-3-13)11-15-9-27-21-19(28-15)20(25)30-24(26)31-21/h4,6,8-9,13,16H,2-3,5,7,10-11H2,1H3,(H,29,35)(H,33,34)(H,36,37)(H4,25,26,27,30,31). The highest BCUT2D eigenvalue weighted by atomic mass is 16.4. The van der Waals surface area contributed by atoms with Crippen molar-refractivity contribution in [3.05, 3.63) is 41.2 Å². The molecule has 1 saturated carbocycles. The summed E-state index contributed by atoms with van der Waals surface area (Å²) in [4.78, 5) is 54.1. The molecule has 7 N–H and O–H groups in total. The number of benzene rings is 1. The summed E-state index contributed by atoms with van der Waals surface area (Å²) in [5.41, 5.74) is 14.9. The van der Waals surface area contributed by atoms with Gasteiger partial charge in [-0.1, -0.05) is 0 Å². The normalized spacial score (nSPS) is 13.8. The van der Waals surface area contributed by atoms with Gasteiger partial charge >= 0.3 is 11.9 Å². The lowest BCUT2D eigenvalue weighted by molar-refractivity contribution is -0.140. The molecule has 2 aromatic heterocycles. The second-order valence-electron chi connectivity index (χ2n) is 9.12. The number of carbonyl (C=O) groups is 3. The first-order valence-electron chi connectivity index (χ1n) is 11.8. The minimum atomic E-state index is -1.30. The Kier molecular flexibility index (Phi) is 7.32. The third kappa shape index (κ3) is 6.37. The van der Waals surface area contributed by atoms with E-state index in [1.165, 1.54) is 0 Å². The van der Waals surface area contributed by atoms with Gasteiger partial charge in [-0.2, -0.15) is 9.97 Å². The van der Waals surface area contributed by atoms with Crippen molar-refractivity contribution in [1.29, 1.82) is 0 Å². The third-order valence-electron chi connectivity index (χ3n) is 6.08. The number of amides is 1. The predicted molar refractivity (Wildman–Crippen MR) is 135 cm³/mol. The molecule has 3 aromatic rings. The Balaban J connectivity index is 1.54. The van der Waals surface area contributed by atoms with Crippen LogP contribution in [0.25, 0.3) is 11.2 Å². The predicted octanol–water partition coefficient (Wildman–Crippen LogP) is 1.36. The molecule has 0 aliphatic heterocycles. The molecule has 0 radical (unpaired) electrons. The largest absolute Gasteiger partial charge is 0.481 e. The molecule has 0 spiro atoms. The molecule has 37 heavy (non-hydrogen) atoms. The molecule has 4 rings (SSSR count). The van der Waals surface area contributed by atoms with Crippen molar-refractivity contribution in [3.8, 4) is 0 Å². The van der Waals surface area contributed by atoms with Crippen molar-refractivity contribution in [1.82, 2.24) is 25.3 Å². The molecule has 1 aromatic carbocycles. The summed E-state index contributed by atoms with van der Waals surface area (Å²) in [5.74, 6) is -2.28. The summed E-state index contributed by atoms with van der Waals surface area (Å²) < 4.78 is 0. The van der Waals surface area contributed by atoms with Crippen LogP contribution in [0.5, 0.6) is 0 Å². The summed E-state index contributed by atoms with van der Waals surface area (Å²) in [6, 6.07) is 3.82. The maximum absolute atomic E-state index is 12.7. The molecule has 1 amide bonds. The molecule has 2 heterocycles. The van der Waals surface area contributed by atoms with Crippen LogP contribution in [0.1, 0.15) is 47.3 Å². The summed E-state index contributed by atoms with van der Waals surface area (Å²) in [5, 5.41) is 20.6. The van der Waals surface area contributed by atoms with Gasteiger partial charge < -0.3 is 31.9 Å². The summed E-state index contributed by atoms with van der Waals surface area (Å²) >= 11 is 0. The quantitative estimate of drug-likeness (QED) is 0.248. The number of aliphatic carboxylic acids is 2. The van der Waals surface area contributed by atoms with Gasteiger partial charge in [-0.3, -0.25) is 9.59 Å². The molecule has 1 atom stereocenters. The van der Waals surface area contributed by atoms with E-state index in [-0.39, 0.29) is 30.2 Å². The average Bonchev–Trinajstić information content (AvgIpc) is 3.65. The fraction of sp³-hybridized carbons (Fsp3) is 0.375. The monoisotopic (exact) mass is 508 g/mol. The van der Waals surface area contributed by atoms with Gasteiger partial charge in [0.2, 0.25) is 5.95 Å². The first kappa shape index (κ1) is 25.5. The van der Waals surface area contributed by atoms with E-state index in [4.69, 9.17) is 16.6 Å². The van der Waals surface area contributed by atoms with Crippen molar-refractivity contribution in [2.45, 2.75) is 45.2 Å². The van der Waals surface area contributed by atoms with Crippen LogP contribution in [-0.4, -0.2) is 60.6 Å². The van der Waals surface area contributed by atoms with Crippen molar-refractivity contribution < 1.29 is 24.6 Å². The summed E-state index contributed by atoms with van der Waals surface area (Å²) in [6.45, 7) is 3.09. The van der Waals surface area contributed by atoms with Gasteiger partial charge in [-0.05, 0) is 55.9 Å². The lowest BCUT2D eigenvalue weighted by Gasteiger charge is -2.26. The van der Waals surface area contributed by atoms with Crippen LogP contribution >= 0.6 is 0 Å². The number of fused-ring (bicyclic) bond motifs is 1. The topological polar surface area (TPSA) is 211 Å². The first-order valence-corrected chi connectivity index (χ1v) is 11.8. The Hall–Kier alpha value is -4.55. The maximum Gasteiger partial charge on any atom is 0.326 e. The third-order valence-corrected chi connectivity index (χ3v) is 6.08. The molecule has 1 unspecified atom stereocenters. The Morgan fingerprint density at radius 2 is 1.92 bits per heavy atom. The fourth-order valence-corrected chi connectivity index (χ4v) is 4.03. The number of nitrogens with zero attached hydrogens (tertiary/aromatic N) is 5. The Bertz CT molecular complexity index is 1360. The van der Waals surface area contributed by atoms with Crippen LogP contribution in [-0.2, 0) is 16.1 Å². The van der Waals surface area contributed by atoms with Crippen LogP contribution < -0.4 is 21.7 Å². The van der Waals surface area contributed by atoms with E-state index in [9.17, 15) is 19.5 Å². The lowest BCUT2D eigenvalue weighted by atomic mass is 10.1. The zero-order valence-corrected chi connectivity index (χ0v) is 20.2. The van der Waals surface area contributed by atoms with Crippen LogP contribution in [0.4, 0.5) is 17.5 Å². The molecular formula is C24H28N8O5. The van der Waals surface area contributed by atoms with Gasteiger partial charge in [-0.25, -0.2) is 14.8 Å². The molecule has 13 nitrogen and oxygen atoms in total. The van der Waals surface area contributed by atoms with E-state index in [0.29, 0.717) is 29.3 Å². The van der Waals surface area contributed by atoms with Crippen molar-refractivity contribution in [2.75, 3.05) is 22.9 Å². The highest BCUT2D eigenvalue weighted by Crippen LogP contribution is 2.33. The molecule has 0 saturated heterocycles. The number of hydrogen-bond acceptors (Lipinski definition) is 10. The van der Waals surface area contributed by atoms with Gasteiger partial charge in [0.25, 0.3) is 5.91 Å². The number of carboxylic acids is 2. The number of anilines is 3. The summed E-state index contributed by atoms with van der Waals surface area (Å²) in [6.07, 6.45) is 3.30. The van der Waals surface area contributed by atoms with E-state index in [2.05, 4.69) is 30.2 Å². The van der Waals surface area contributed by atoms with E-state index in [1.807, 2.05) is 13.0 Å². The van der Waals surface area contributed by atoms with Crippen LogP contribution in [0.15, 0.2) is 24.4 Å². The second-order valence-corrected chi connectivity index (χ2v) is 9.12. The van der Waals surface area contributed by atoms with Gasteiger partial charge in [0.05, 0.1) is 18.4 Å². The van der Waals surface area contributed by atoms with Crippen LogP contribution in [0.3, 0.4) is 0 Å². The lowest BCUT2D eigenvalue weighted by Crippen LogP contribution is -2.41. The van der Waals surface area contributed by atoms with Crippen molar-refractivity contribution in [2.24, 2.45) is 5.92 Å². The molecule has 1 aliphatic rings. The zero-order valence-electron chi connectivity index (χ0n) is 20.2. The minimum absolute atomic E-state index is 0.0266. The number of nitrogens with two attached hydrogens (primary N) is 2. The van der Waals surface area contributed by atoms with E-state index in [0.717, 1.165) is 30.6 Å². The number of carboxylic acid groups (broad SMARTS) is 2. The van der Waals surface area contributed by atoms with Gasteiger partial charge in [-0.15, -0.1) is 0 Å². The first-order chi connectivity index (χ1) is 17.6. The number of nitrogens with one attached hydrogen (secondary N) is 1. The van der Waals surface area contributed by atoms with Gasteiger partial charge in [0.1, 0.15) is 6.04 Å². The highest BCUT2D eigenvalue weighted by Gasteiger charge is 2.27. The average molecular weight is 509 g/mol. The Morgan fingerprint density at radius 1 is 1.16 bits per heavy atom. The highest BCUT2D eigenvalue weighted by molar-refractivity contribution is 5.97.